The van der Waals surface area contributed by atoms with Gasteiger partial charge in [-0.15, -0.1) is 0 Å². The molecule has 0 aliphatic carbocycles. The van der Waals surface area contributed by atoms with Gasteiger partial charge in [-0.1, -0.05) is 36.4 Å². The number of para-hydroxylation sites is 4. The minimum atomic E-state index is -3.57. The normalized spacial score (nSPS) is 11.0. The molecule has 0 radical (unpaired) electrons. The number of carbonyl (C=O) groups is 1. The molecule has 0 fully saturated rings. The van der Waals surface area contributed by atoms with Crippen molar-refractivity contribution in [3.8, 4) is 11.5 Å². The molecule has 1 N–H and O–H groups in total. The van der Waals surface area contributed by atoms with Crippen LogP contribution in [0, 0.1) is 0 Å². The van der Waals surface area contributed by atoms with Gasteiger partial charge in [0.25, 0.3) is 5.91 Å². The average molecular weight is 469 g/mol. The van der Waals surface area contributed by atoms with Crippen LogP contribution in [0.4, 0.5) is 11.4 Å². The van der Waals surface area contributed by atoms with Gasteiger partial charge in [-0.25, -0.2) is 8.42 Å². The highest BCUT2D eigenvalue weighted by Crippen LogP contribution is 2.31. The van der Waals surface area contributed by atoms with Gasteiger partial charge in [0.2, 0.25) is 10.0 Å². The Morgan fingerprint density at radius 2 is 1.42 bits per heavy atom. The van der Waals surface area contributed by atoms with Gasteiger partial charge in [-0.05, 0) is 55.8 Å². The topological polar surface area (TPSA) is 84.9 Å². The molecule has 0 saturated heterocycles. The molecule has 7 nitrogen and oxygen atoms in total. The summed E-state index contributed by atoms with van der Waals surface area (Å²) >= 11 is 0. The number of sulfonamides is 1. The van der Waals surface area contributed by atoms with E-state index in [2.05, 4.69) is 5.32 Å². The first-order chi connectivity index (χ1) is 15.8. The second-order valence-corrected chi connectivity index (χ2v) is 9.16. The highest BCUT2D eigenvalue weighted by molar-refractivity contribution is 7.92. The Morgan fingerprint density at radius 1 is 0.848 bits per heavy atom. The Labute approximate surface area is 195 Å². The van der Waals surface area contributed by atoms with Crippen LogP contribution >= 0.6 is 0 Å². The van der Waals surface area contributed by atoms with E-state index in [0.717, 1.165) is 11.8 Å². The van der Waals surface area contributed by atoms with E-state index in [9.17, 15) is 13.2 Å². The summed E-state index contributed by atoms with van der Waals surface area (Å²) in [6, 6.07) is 21.1. The number of hydrogen-bond donors (Lipinski definition) is 1. The monoisotopic (exact) mass is 468 g/mol. The van der Waals surface area contributed by atoms with Gasteiger partial charge in [0, 0.05) is 5.56 Å². The number of ether oxygens (including phenoxy) is 2. The van der Waals surface area contributed by atoms with E-state index in [1.54, 1.807) is 60.7 Å². The van der Waals surface area contributed by atoms with Crippen LogP contribution in [-0.2, 0) is 16.6 Å². The molecule has 3 aromatic rings. The zero-order chi connectivity index (χ0) is 23.8. The lowest BCUT2D eigenvalue weighted by molar-refractivity contribution is 0.102. The van der Waals surface area contributed by atoms with Gasteiger partial charge in [0.1, 0.15) is 11.5 Å². The van der Waals surface area contributed by atoms with Gasteiger partial charge >= 0.3 is 0 Å². The third kappa shape index (κ3) is 6.26. The third-order valence-electron chi connectivity index (χ3n) is 4.81. The molecule has 1 amide bonds. The summed E-state index contributed by atoms with van der Waals surface area (Å²) in [5.74, 6) is 0.812. The molecular weight excluding hydrogens is 440 g/mol. The number of benzene rings is 3. The van der Waals surface area contributed by atoms with Crippen molar-refractivity contribution >= 4 is 27.3 Å². The Kier molecular flexibility index (Phi) is 7.95. The standard InChI is InChI=1S/C25H28N2O5S/c1-4-31-23-12-8-6-10-21(23)26-25(28)20-16-14-19(15-17-20)18-27(33(3,29)30)22-11-7-9-13-24(22)32-5-2/h6-17H,4-5,18H2,1-3H3,(H,26,28). The molecule has 3 rings (SSSR count). The number of nitrogens with one attached hydrogen (secondary N) is 1. The molecule has 0 unspecified atom stereocenters. The molecule has 3 aromatic carbocycles. The van der Waals surface area contributed by atoms with Crippen molar-refractivity contribution in [2.45, 2.75) is 20.4 Å². The van der Waals surface area contributed by atoms with Crippen LogP contribution in [0.3, 0.4) is 0 Å². The van der Waals surface area contributed by atoms with Gasteiger partial charge in [0.15, 0.2) is 0 Å². The van der Waals surface area contributed by atoms with Crippen LogP contribution in [0.1, 0.15) is 29.8 Å². The van der Waals surface area contributed by atoms with E-state index in [0.29, 0.717) is 41.7 Å². The lowest BCUT2D eigenvalue weighted by Crippen LogP contribution is -2.29. The lowest BCUT2D eigenvalue weighted by atomic mass is 10.1. The highest BCUT2D eigenvalue weighted by Gasteiger charge is 2.21. The van der Waals surface area contributed by atoms with Crippen LogP contribution in [0.15, 0.2) is 72.8 Å². The van der Waals surface area contributed by atoms with Crippen molar-refractivity contribution in [2.75, 3.05) is 29.1 Å². The molecule has 0 atom stereocenters. The summed E-state index contributed by atoms with van der Waals surface area (Å²) in [6.45, 7) is 4.75. The largest absolute Gasteiger partial charge is 0.492 e. The fourth-order valence-electron chi connectivity index (χ4n) is 3.29. The maximum Gasteiger partial charge on any atom is 0.255 e. The molecule has 0 bridgehead atoms. The van der Waals surface area contributed by atoms with Crippen molar-refractivity contribution in [1.82, 2.24) is 0 Å². The van der Waals surface area contributed by atoms with E-state index >= 15 is 0 Å². The molecule has 0 saturated carbocycles. The molecule has 174 valence electrons. The molecular formula is C25H28N2O5S. The fourth-order valence-corrected chi connectivity index (χ4v) is 4.19. The first-order valence-corrected chi connectivity index (χ1v) is 12.5. The van der Waals surface area contributed by atoms with Crippen molar-refractivity contribution in [1.29, 1.82) is 0 Å². The van der Waals surface area contributed by atoms with Gasteiger partial charge in [-0.2, -0.15) is 0 Å². The number of hydrogen-bond acceptors (Lipinski definition) is 5. The zero-order valence-electron chi connectivity index (χ0n) is 18.9. The lowest BCUT2D eigenvalue weighted by Gasteiger charge is -2.24. The Bertz CT molecular complexity index is 1190. The van der Waals surface area contributed by atoms with E-state index in [1.165, 1.54) is 4.31 Å². The number of nitrogens with zero attached hydrogens (tertiary/aromatic N) is 1. The molecule has 33 heavy (non-hydrogen) atoms. The molecule has 0 aliphatic heterocycles. The maximum absolute atomic E-state index is 12.7. The molecule has 0 aromatic heterocycles. The summed E-state index contributed by atoms with van der Waals surface area (Å²) in [7, 11) is -3.57. The van der Waals surface area contributed by atoms with Crippen LogP contribution in [0.25, 0.3) is 0 Å². The second kappa shape index (κ2) is 10.9. The number of rotatable bonds is 10. The molecule has 0 aliphatic rings. The maximum atomic E-state index is 12.7. The minimum Gasteiger partial charge on any atom is -0.492 e. The van der Waals surface area contributed by atoms with E-state index in [-0.39, 0.29) is 12.5 Å². The molecule has 0 heterocycles. The second-order valence-electron chi connectivity index (χ2n) is 7.25. The van der Waals surface area contributed by atoms with Crippen LogP contribution in [0.2, 0.25) is 0 Å². The van der Waals surface area contributed by atoms with Crippen molar-refractivity contribution in [3.63, 3.8) is 0 Å². The van der Waals surface area contributed by atoms with E-state index in [1.807, 2.05) is 26.0 Å². The number of carbonyl (C=O) groups excluding carboxylic acids is 1. The Balaban J connectivity index is 1.80. The van der Waals surface area contributed by atoms with Gasteiger partial charge < -0.3 is 14.8 Å². The Hall–Kier alpha value is -3.52. The van der Waals surface area contributed by atoms with Crippen LogP contribution < -0.4 is 19.1 Å². The summed E-state index contributed by atoms with van der Waals surface area (Å²) in [5.41, 5.74) is 2.24. The summed E-state index contributed by atoms with van der Waals surface area (Å²) in [5, 5.41) is 2.86. The van der Waals surface area contributed by atoms with E-state index in [4.69, 9.17) is 9.47 Å². The molecule has 0 spiro atoms. The zero-order valence-corrected chi connectivity index (χ0v) is 19.8. The molecule has 8 heteroatoms. The van der Waals surface area contributed by atoms with Crippen molar-refractivity contribution in [3.05, 3.63) is 83.9 Å². The highest BCUT2D eigenvalue weighted by atomic mass is 32.2. The van der Waals surface area contributed by atoms with Crippen LogP contribution in [-0.4, -0.2) is 33.8 Å². The predicted octanol–water partition coefficient (Wildman–Crippen LogP) is 4.70. The summed E-state index contributed by atoms with van der Waals surface area (Å²) in [4.78, 5) is 12.7. The third-order valence-corrected chi connectivity index (χ3v) is 5.94. The summed E-state index contributed by atoms with van der Waals surface area (Å²) in [6.07, 6.45) is 1.16. The summed E-state index contributed by atoms with van der Waals surface area (Å²) < 4.78 is 37.6. The van der Waals surface area contributed by atoms with Crippen molar-refractivity contribution < 1.29 is 22.7 Å². The van der Waals surface area contributed by atoms with Gasteiger partial charge in [-0.3, -0.25) is 9.10 Å². The first-order valence-electron chi connectivity index (χ1n) is 10.6. The minimum absolute atomic E-state index is 0.109. The van der Waals surface area contributed by atoms with Crippen LogP contribution in [0.5, 0.6) is 11.5 Å². The quantitative estimate of drug-likeness (QED) is 0.466. The van der Waals surface area contributed by atoms with Crippen molar-refractivity contribution in [2.24, 2.45) is 0 Å². The van der Waals surface area contributed by atoms with Gasteiger partial charge in [0.05, 0.1) is 37.4 Å². The smallest absolute Gasteiger partial charge is 0.255 e. The fraction of sp³-hybridized carbons (Fsp3) is 0.240. The number of amides is 1. The SMILES string of the molecule is CCOc1ccccc1NC(=O)c1ccc(CN(c2ccccc2OCC)S(C)(=O)=O)cc1. The Morgan fingerprint density at radius 3 is 2.06 bits per heavy atom. The number of anilines is 2. The van der Waals surface area contributed by atoms with E-state index < -0.39 is 10.0 Å². The predicted molar refractivity (Wildman–Crippen MR) is 131 cm³/mol. The first kappa shape index (κ1) is 24.1. The average Bonchev–Trinajstić information content (AvgIpc) is 2.79.